The third-order valence-electron chi connectivity index (χ3n) is 3.19. The molecule has 2 aliphatic carbocycles. The summed E-state index contributed by atoms with van der Waals surface area (Å²) in [5.74, 6) is 2.50. The van der Waals surface area contributed by atoms with Crippen molar-refractivity contribution in [3.63, 3.8) is 0 Å². The second-order valence-corrected chi connectivity index (χ2v) is 5.17. The average molecular weight is 242 g/mol. The maximum absolute atomic E-state index is 5.67. The van der Waals surface area contributed by atoms with Crippen molar-refractivity contribution in [1.29, 1.82) is 0 Å². The molecule has 1 aromatic rings. The Labute approximate surface area is 100.0 Å². The normalized spacial score (nSPS) is 20.1. The molecule has 0 bridgehead atoms. The second-order valence-electron chi connectivity index (χ2n) is 4.90. The smallest absolute Gasteiger partial charge is 0.318 e. The number of hydrogen-bond donors (Lipinski definition) is 0. The van der Waals surface area contributed by atoms with Gasteiger partial charge in [0.2, 0.25) is 5.89 Å². The second kappa shape index (κ2) is 4.24. The molecule has 2 aliphatic rings. The minimum Gasteiger partial charge on any atom is -0.407 e. The molecule has 2 saturated carbocycles. The van der Waals surface area contributed by atoms with Crippen molar-refractivity contribution < 1.29 is 4.42 Å². The molecule has 0 amide bonds. The first-order valence-corrected chi connectivity index (χ1v) is 6.52. The highest BCUT2D eigenvalue weighted by atomic mass is 35.5. The van der Waals surface area contributed by atoms with E-state index in [0.29, 0.717) is 17.8 Å². The van der Waals surface area contributed by atoms with Crippen LogP contribution in [0.3, 0.4) is 0 Å². The van der Waals surface area contributed by atoms with Crippen LogP contribution in [0.2, 0.25) is 0 Å². The quantitative estimate of drug-likeness (QED) is 0.718. The first-order chi connectivity index (χ1) is 7.85. The van der Waals surface area contributed by atoms with Crippen LogP contribution in [0, 0.1) is 11.8 Å². The first-order valence-electron chi connectivity index (χ1n) is 5.98. The summed E-state index contributed by atoms with van der Waals surface area (Å²) in [6.45, 7) is 2.14. The van der Waals surface area contributed by atoms with Gasteiger partial charge in [-0.3, -0.25) is 0 Å². The monoisotopic (exact) mass is 241 g/mol. The van der Waals surface area contributed by atoms with E-state index in [1.54, 1.807) is 0 Å². The standard InChI is InChI=1S/C11H16ClN3O/c12-5-10-13-14-11(16-10)15(6-8-1-2-8)7-9-3-4-9/h8-9H,1-7H2. The molecule has 0 aromatic carbocycles. The van der Waals surface area contributed by atoms with Gasteiger partial charge >= 0.3 is 6.01 Å². The lowest BCUT2D eigenvalue weighted by Gasteiger charge is -2.19. The predicted molar refractivity (Wildman–Crippen MR) is 61.5 cm³/mol. The third kappa shape index (κ3) is 2.48. The summed E-state index contributed by atoms with van der Waals surface area (Å²) in [5, 5.41) is 7.99. The molecule has 16 heavy (non-hydrogen) atoms. The van der Waals surface area contributed by atoms with Gasteiger partial charge in [0, 0.05) is 13.1 Å². The molecular formula is C11H16ClN3O. The van der Waals surface area contributed by atoms with E-state index in [9.17, 15) is 0 Å². The molecule has 0 N–H and O–H groups in total. The van der Waals surface area contributed by atoms with Gasteiger partial charge in [0.15, 0.2) is 0 Å². The van der Waals surface area contributed by atoms with Crippen LogP contribution in [0.15, 0.2) is 4.42 Å². The lowest BCUT2D eigenvalue weighted by atomic mass is 10.3. The molecular weight excluding hydrogens is 226 g/mol. The molecule has 0 aliphatic heterocycles. The van der Waals surface area contributed by atoms with Gasteiger partial charge in [-0.25, -0.2) is 0 Å². The molecule has 88 valence electrons. The summed E-state index contributed by atoms with van der Waals surface area (Å²) < 4.78 is 5.52. The van der Waals surface area contributed by atoms with E-state index in [2.05, 4.69) is 15.1 Å². The molecule has 2 fully saturated rings. The minimum absolute atomic E-state index is 0.299. The van der Waals surface area contributed by atoms with Crippen molar-refractivity contribution in [2.45, 2.75) is 31.6 Å². The van der Waals surface area contributed by atoms with Crippen LogP contribution in [0.4, 0.5) is 6.01 Å². The van der Waals surface area contributed by atoms with Crippen LogP contribution in [0.5, 0.6) is 0 Å². The molecule has 0 spiro atoms. The average Bonchev–Trinajstić information content (AvgIpc) is 3.21. The van der Waals surface area contributed by atoms with Gasteiger partial charge in [0.25, 0.3) is 0 Å². The predicted octanol–water partition coefficient (Wildman–Crippen LogP) is 2.43. The van der Waals surface area contributed by atoms with Crippen LogP contribution < -0.4 is 4.90 Å². The van der Waals surface area contributed by atoms with Crippen molar-refractivity contribution in [2.24, 2.45) is 11.8 Å². The highest BCUT2D eigenvalue weighted by Crippen LogP contribution is 2.35. The number of anilines is 1. The summed E-state index contributed by atoms with van der Waals surface area (Å²) in [4.78, 5) is 2.25. The van der Waals surface area contributed by atoms with Gasteiger partial charge < -0.3 is 9.32 Å². The number of rotatable bonds is 6. The van der Waals surface area contributed by atoms with Crippen molar-refractivity contribution in [2.75, 3.05) is 18.0 Å². The fraction of sp³-hybridized carbons (Fsp3) is 0.818. The Hall–Kier alpha value is -0.770. The van der Waals surface area contributed by atoms with Crippen molar-refractivity contribution in [3.8, 4) is 0 Å². The van der Waals surface area contributed by atoms with Gasteiger partial charge in [0.05, 0.1) is 0 Å². The van der Waals surface area contributed by atoms with Crippen molar-refractivity contribution in [3.05, 3.63) is 5.89 Å². The van der Waals surface area contributed by atoms with Gasteiger partial charge in [0.1, 0.15) is 5.88 Å². The fourth-order valence-corrected chi connectivity index (χ4v) is 1.99. The highest BCUT2D eigenvalue weighted by molar-refractivity contribution is 6.16. The van der Waals surface area contributed by atoms with Crippen LogP contribution in [-0.2, 0) is 5.88 Å². The van der Waals surface area contributed by atoms with Crippen molar-refractivity contribution in [1.82, 2.24) is 10.2 Å². The molecule has 0 atom stereocenters. The molecule has 0 saturated heterocycles. The summed E-state index contributed by atoms with van der Waals surface area (Å²) in [5.41, 5.74) is 0. The molecule has 0 unspecified atom stereocenters. The van der Waals surface area contributed by atoms with Gasteiger partial charge in [-0.2, -0.15) is 0 Å². The maximum Gasteiger partial charge on any atom is 0.318 e. The van der Waals surface area contributed by atoms with Crippen LogP contribution in [0.25, 0.3) is 0 Å². The van der Waals surface area contributed by atoms with Gasteiger partial charge in [-0.1, -0.05) is 5.10 Å². The Balaban J connectivity index is 1.68. The summed E-state index contributed by atoms with van der Waals surface area (Å²) in [7, 11) is 0. The van der Waals surface area contributed by atoms with Crippen LogP contribution in [0.1, 0.15) is 31.6 Å². The number of aromatic nitrogens is 2. The molecule has 3 rings (SSSR count). The molecule has 1 heterocycles. The Morgan fingerprint density at radius 2 is 1.75 bits per heavy atom. The largest absolute Gasteiger partial charge is 0.407 e. The molecule has 4 nitrogen and oxygen atoms in total. The number of halogens is 1. The van der Waals surface area contributed by atoms with E-state index in [1.165, 1.54) is 25.7 Å². The summed E-state index contributed by atoms with van der Waals surface area (Å²) in [6, 6.07) is 0.662. The van der Waals surface area contributed by atoms with E-state index >= 15 is 0 Å². The topological polar surface area (TPSA) is 42.2 Å². The molecule has 5 heteroatoms. The van der Waals surface area contributed by atoms with E-state index in [-0.39, 0.29) is 0 Å². The SMILES string of the molecule is ClCc1nnc(N(CC2CC2)CC2CC2)o1. The third-order valence-corrected chi connectivity index (χ3v) is 3.42. The Bertz CT molecular complexity index is 346. The Morgan fingerprint density at radius 3 is 2.19 bits per heavy atom. The maximum atomic E-state index is 5.67. The summed E-state index contributed by atoms with van der Waals surface area (Å²) in [6.07, 6.45) is 5.38. The number of hydrogen-bond acceptors (Lipinski definition) is 4. The molecule has 0 radical (unpaired) electrons. The van der Waals surface area contributed by atoms with Crippen LogP contribution in [-0.4, -0.2) is 23.3 Å². The number of nitrogens with zero attached hydrogens (tertiary/aromatic N) is 3. The minimum atomic E-state index is 0.299. The Kier molecular flexibility index (Phi) is 2.75. The van der Waals surface area contributed by atoms with E-state index in [4.69, 9.17) is 16.0 Å². The lowest BCUT2D eigenvalue weighted by molar-refractivity contribution is 0.489. The fourth-order valence-electron chi connectivity index (χ4n) is 1.88. The van der Waals surface area contributed by atoms with Crippen molar-refractivity contribution >= 4 is 17.6 Å². The highest BCUT2D eigenvalue weighted by Gasteiger charge is 2.31. The lowest BCUT2D eigenvalue weighted by Crippen LogP contribution is -2.28. The van der Waals surface area contributed by atoms with E-state index in [1.807, 2.05) is 0 Å². The van der Waals surface area contributed by atoms with Gasteiger partial charge in [-0.15, -0.1) is 16.7 Å². The first kappa shape index (κ1) is 10.4. The van der Waals surface area contributed by atoms with Crippen LogP contribution >= 0.6 is 11.6 Å². The summed E-state index contributed by atoms with van der Waals surface area (Å²) >= 11 is 5.67. The zero-order chi connectivity index (χ0) is 11.0. The van der Waals surface area contributed by atoms with E-state index < -0.39 is 0 Å². The number of alkyl halides is 1. The Morgan fingerprint density at radius 1 is 1.12 bits per heavy atom. The zero-order valence-electron chi connectivity index (χ0n) is 9.23. The molecule has 1 aromatic heterocycles. The zero-order valence-corrected chi connectivity index (χ0v) is 9.99. The van der Waals surface area contributed by atoms with E-state index in [0.717, 1.165) is 24.9 Å². The van der Waals surface area contributed by atoms with Gasteiger partial charge in [-0.05, 0) is 37.5 Å².